The van der Waals surface area contributed by atoms with E-state index >= 15 is 0 Å². The average Bonchev–Trinajstić information content (AvgIpc) is 2.16. The van der Waals surface area contributed by atoms with Gasteiger partial charge in [-0.25, -0.2) is 0 Å². The third-order valence-electron chi connectivity index (χ3n) is 1.49. The van der Waals surface area contributed by atoms with Crippen molar-refractivity contribution in [3.8, 4) is 6.07 Å². The molecule has 0 spiro atoms. The van der Waals surface area contributed by atoms with E-state index in [1.165, 1.54) is 12.1 Å². The molecular formula is C7H6N4O2. The van der Waals surface area contributed by atoms with Crippen LogP contribution in [0.25, 0.3) is 0 Å². The first-order chi connectivity index (χ1) is 6.19. The van der Waals surface area contributed by atoms with Crippen molar-refractivity contribution in [1.82, 2.24) is 0 Å². The minimum Gasteiger partial charge on any atom is -0.323 e. The molecule has 0 saturated heterocycles. The largest absolute Gasteiger partial charge is 0.323 e. The molecule has 13 heavy (non-hydrogen) atoms. The van der Waals surface area contributed by atoms with E-state index < -0.39 is 4.92 Å². The molecular weight excluding hydrogens is 172 g/mol. The van der Waals surface area contributed by atoms with Crippen LogP contribution in [0.2, 0.25) is 0 Å². The Bertz CT molecular complexity index is 383. The summed E-state index contributed by atoms with van der Waals surface area (Å²) >= 11 is 0. The first kappa shape index (κ1) is 8.96. The molecule has 0 amide bonds. The van der Waals surface area contributed by atoms with Crippen LogP contribution in [-0.2, 0) is 0 Å². The second-order valence-corrected chi connectivity index (χ2v) is 2.24. The van der Waals surface area contributed by atoms with Gasteiger partial charge in [-0.2, -0.15) is 5.26 Å². The van der Waals surface area contributed by atoms with Crippen molar-refractivity contribution in [2.75, 3.05) is 5.43 Å². The highest BCUT2D eigenvalue weighted by Gasteiger charge is 2.09. The zero-order valence-corrected chi connectivity index (χ0v) is 6.52. The van der Waals surface area contributed by atoms with Gasteiger partial charge >= 0.3 is 0 Å². The minimum absolute atomic E-state index is 0.129. The molecule has 0 saturated carbocycles. The molecule has 0 heterocycles. The monoisotopic (exact) mass is 178 g/mol. The molecule has 0 aliphatic heterocycles. The number of rotatable bonds is 2. The van der Waals surface area contributed by atoms with Crippen LogP contribution in [0.3, 0.4) is 0 Å². The van der Waals surface area contributed by atoms with Crippen molar-refractivity contribution in [1.29, 1.82) is 5.26 Å². The number of nitrogens with one attached hydrogen (secondary N) is 1. The van der Waals surface area contributed by atoms with Gasteiger partial charge in [0, 0.05) is 12.1 Å². The van der Waals surface area contributed by atoms with Crippen LogP contribution in [0.5, 0.6) is 0 Å². The zero-order valence-electron chi connectivity index (χ0n) is 6.52. The Kier molecular flexibility index (Phi) is 2.42. The van der Waals surface area contributed by atoms with Crippen molar-refractivity contribution in [2.24, 2.45) is 5.84 Å². The topological polar surface area (TPSA) is 105 Å². The van der Waals surface area contributed by atoms with Gasteiger partial charge in [-0.1, -0.05) is 0 Å². The molecule has 0 fully saturated rings. The number of hydrazine groups is 1. The molecule has 1 aromatic rings. The SMILES string of the molecule is N#Cc1cc([N+](=O)[O-])ccc1NN. The molecule has 0 aliphatic rings. The van der Waals surface area contributed by atoms with Crippen molar-refractivity contribution >= 4 is 11.4 Å². The number of hydrogen-bond donors (Lipinski definition) is 2. The highest BCUT2D eigenvalue weighted by atomic mass is 16.6. The molecule has 66 valence electrons. The van der Waals surface area contributed by atoms with Crippen molar-refractivity contribution < 1.29 is 4.92 Å². The molecule has 6 heteroatoms. The summed E-state index contributed by atoms with van der Waals surface area (Å²) in [6, 6.07) is 5.62. The summed E-state index contributed by atoms with van der Waals surface area (Å²) in [6.07, 6.45) is 0. The number of anilines is 1. The summed E-state index contributed by atoms with van der Waals surface area (Å²) in [5.74, 6) is 5.08. The molecule has 0 aliphatic carbocycles. The summed E-state index contributed by atoms with van der Waals surface area (Å²) in [5.41, 5.74) is 2.66. The van der Waals surface area contributed by atoms with E-state index in [-0.39, 0.29) is 11.3 Å². The van der Waals surface area contributed by atoms with Crippen LogP contribution in [0, 0.1) is 21.4 Å². The first-order valence-electron chi connectivity index (χ1n) is 3.34. The Morgan fingerprint density at radius 1 is 1.62 bits per heavy atom. The van der Waals surface area contributed by atoms with Gasteiger partial charge in [0.1, 0.15) is 6.07 Å². The predicted octanol–water partition coefficient (Wildman–Crippen LogP) is 0.752. The van der Waals surface area contributed by atoms with Crippen molar-refractivity contribution in [3.63, 3.8) is 0 Å². The third-order valence-corrected chi connectivity index (χ3v) is 1.49. The number of nitrogen functional groups attached to an aromatic ring is 1. The van der Waals surface area contributed by atoms with Crippen LogP contribution in [-0.4, -0.2) is 4.92 Å². The maximum atomic E-state index is 10.3. The van der Waals surface area contributed by atoms with E-state index in [4.69, 9.17) is 11.1 Å². The number of nitrogens with two attached hydrogens (primary N) is 1. The summed E-state index contributed by atoms with van der Waals surface area (Å²) in [6.45, 7) is 0. The summed E-state index contributed by atoms with van der Waals surface area (Å²) < 4.78 is 0. The van der Waals surface area contributed by atoms with E-state index in [2.05, 4.69) is 5.43 Å². The van der Waals surface area contributed by atoms with Gasteiger partial charge in [-0.15, -0.1) is 0 Å². The molecule has 0 atom stereocenters. The van der Waals surface area contributed by atoms with E-state index in [1.54, 1.807) is 6.07 Å². The smallest absolute Gasteiger partial charge is 0.270 e. The number of nitro groups is 1. The minimum atomic E-state index is -0.568. The molecule has 6 nitrogen and oxygen atoms in total. The van der Waals surface area contributed by atoms with E-state index in [1.807, 2.05) is 0 Å². The number of nitro benzene ring substituents is 1. The number of nitrogens with zero attached hydrogens (tertiary/aromatic N) is 2. The fourth-order valence-electron chi connectivity index (χ4n) is 0.864. The number of nitriles is 1. The van der Waals surface area contributed by atoms with Crippen LogP contribution >= 0.6 is 0 Å². The number of hydrogen-bond acceptors (Lipinski definition) is 5. The fourth-order valence-corrected chi connectivity index (χ4v) is 0.864. The Balaban J connectivity index is 3.23. The van der Waals surface area contributed by atoms with Crippen molar-refractivity contribution in [3.05, 3.63) is 33.9 Å². The van der Waals surface area contributed by atoms with Gasteiger partial charge in [-0.3, -0.25) is 16.0 Å². The zero-order chi connectivity index (χ0) is 9.84. The standard InChI is InChI=1S/C7H6N4O2/c8-4-5-3-6(11(12)13)1-2-7(5)10-9/h1-3,10H,9H2. The predicted molar refractivity (Wildman–Crippen MR) is 45.6 cm³/mol. The Hall–Kier alpha value is -2.13. The normalized spacial score (nSPS) is 8.92. The molecule has 0 aromatic heterocycles. The fraction of sp³-hybridized carbons (Fsp3) is 0. The van der Waals surface area contributed by atoms with Gasteiger partial charge in [0.25, 0.3) is 5.69 Å². The molecule has 1 aromatic carbocycles. The summed E-state index contributed by atoms with van der Waals surface area (Å²) in [5, 5.41) is 18.9. The van der Waals surface area contributed by atoms with E-state index in [9.17, 15) is 10.1 Å². The van der Waals surface area contributed by atoms with Crippen LogP contribution in [0.4, 0.5) is 11.4 Å². The molecule has 0 bridgehead atoms. The van der Waals surface area contributed by atoms with Gasteiger partial charge in [-0.05, 0) is 6.07 Å². The second kappa shape index (κ2) is 3.51. The molecule has 0 radical (unpaired) electrons. The Morgan fingerprint density at radius 2 is 2.31 bits per heavy atom. The van der Waals surface area contributed by atoms with Crippen LogP contribution < -0.4 is 11.3 Å². The van der Waals surface area contributed by atoms with E-state index in [0.29, 0.717) is 5.69 Å². The second-order valence-electron chi connectivity index (χ2n) is 2.24. The van der Waals surface area contributed by atoms with Gasteiger partial charge in [0.2, 0.25) is 0 Å². The van der Waals surface area contributed by atoms with E-state index in [0.717, 1.165) is 6.07 Å². The summed E-state index contributed by atoms with van der Waals surface area (Å²) in [4.78, 5) is 9.74. The maximum absolute atomic E-state index is 10.3. The Morgan fingerprint density at radius 3 is 2.77 bits per heavy atom. The molecule has 3 N–H and O–H groups in total. The highest BCUT2D eigenvalue weighted by molar-refractivity contribution is 5.60. The van der Waals surface area contributed by atoms with Gasteiger partial charge in [0.15, 0.2) is 0 Å². The molecule has 1 rings (SSSR count). The third kappa shape index (κ3) is 1.72. The highest BCUT2D eigenvalue weighted by Crippen LogP contribution is 2.20. The first-order valence-corrected chi connectivity index (χ1v) is 3.34. The molecule has 0 unspecified atom stereocenters. The number of benzene rings is 1. The average molecular weight is 178 g/mol. The lowest BCUT2D eigenvalue weighted by Gasteiger charge is -2.00. The summed E-state index contributed by atoms with van der Waals surface area (Å²) in [7, 11) is 0. The van der Waals surface area contributed by atoms with Gasteiger partial charge < -0.3 is 5.43 Å². The Labute approximate surface area is 73.7 Å². The quantitative estimate of drug-likeness (QED) is 0.395. The maximum Gasteiger partial charge on any atom is 0.270 e. The van der Waals surface area contributed by atoms with Gasteiger partial charge in [0.05, 0.1) is 16.2 Å². The van der Waals surface area contributed by atoms with Crippen molar-refractivity contribution in [2.45, 2.75) is 0 Å². The lowest BCUT2D eigenvalue weighted by molar-refractivity contribution is -0.384. The lowest BCUT2D eigenvalue weighted by atomic mass is 10.2. The number of non-ortho nitro benzene ring substituents is 1. The van der Waals surface area contributed by atoms with Crippen LogP contribution in [0.1, 0.15) is 5.56 Å². The van der Waals surface area contributed by atoms with Crippen LogP contribution in [0.15, 0.2) is 18.2 Å². The lowest BCUT2D eigenvalue weighted by Crippen LogP contribution is -2.08.